The van der Waals surface area contributed by atoms with Crippen molar-refractivity contribution in [2.24, 2.45) is 17.8 Å². The quantitative estimate of drug-likeness (QED) is 0.842. The topological polar surface area (TPSA) is 41.1 Å². The Kier molecular flexibility index (Phi) is 5.52. The van der Waals surface area contributed by atoms with E-state index in [0.717, 1.165) is 18.8 Å². The van der Waals surface area contributed by atoms with Gasteiger partial charge in [-0.15, -0.1) is 0 Å². The molecule has 0 spiro atoms. The highest BCUT2D eigenvalue weighted by atomic mass is 19.4. The van der Waals surface area contributed by atoms with Crippen LogP contribution in [0.3, 0.4) is 0 Å². The third-order valence-electron chi connectivity index (χ3n) is 4.89. The van der Waals surface area contributed by atoms with Gasteiger partial charge in [0.25, 0.3) is 0 Å². The zero-order valence-electron chi connectivity index (χ0n) is 12.5. The third kappa shape index (κ3) is 4.87. The molecule has 2 N–H and O–H groups in total. The molecule has 2 rings (SSSR count). The van der Waals surface area contributed by atoms with Crippen LogP contribution in [0.1, 0.15) is 45.4 Å². The van der Waals surface area contributed by atoms with Gasteiger partial charge in [0, 0.05) is 13.1 Å². The van der Waals surface area contributed by atoms with Crippen LogP contribution in [0.25, 0.3) is 0 Å². The number of halogens is 3. The first-order chi connectivity index (χ1) is 9.86. The fraction of sp³-hybridized carbons (Fsp3) is 0.933. The van der Waals surface area contributed by atoms with Gasteiger partial charge in [0.05, 0.1) is 12.0 Å². The van der Waals surface area contributed by atoms with Gasteiger partial charge in [-0.05, 0) is 37.5 Å². The molecule has 122 valence electrons. The van der Waals surface area contributed by atoms with Crippen molar-refractivity contribution in [2.75, 3.05) is 13.1 Å². The molecule has 2 unspecified atom stereocenters. The van der Waals surface area contributed by atoms with E-state index in [2.05, 4.69) is 17.6 Å². The van der Waals surface area contributed by atoms with E-state index in [1.54, 1.807) is 0 Å². The molecule has 1 saturated heterocycles. The fourth-order valence-electron chi connectivity index (χ4n) is 3.26. The summed E-state index contributed by atoms with van der Waals surface area (Å²) in [6.45, 7) is 2.76. The number of carbonyl (C=O) groups is 1. The number of nitrogens with one attached hydrogen (secondary N) is 2. The molecule has 1 saturated carbocycles. The van der Waals surface area contributed by atoms with E-state index in [9.17, 15) is 18.0 Å². The SMILES string of the molecule is CC1CCC(CNC(=O)C2CCC(C(F)(F)F)CN2)CC1. The highest BCUT2D eigenvalue weighted by molar-refractivity contribution is 5.81. The van der Waals surface area contributed by atoms with Gasteiger partial charge in [-0.2, -0.15) is 13.2 Å². The van der Waals surface area contributed by atoms with Gasteiger partial charge < -0.3 is 10.6 Å². The molecule has 0 bridgehead atoms. The van der Waals surface area contributed by atoms with Crippen LogP contribution in [0.4, 0.5) is 13.2 Å². The number of rotatable bonds is 3. The van der Waals surface area contributed by atoms with Crippen LogP contribution in [-0.2, 0) is 4.79 Å². The first kappa shape index (κ1) is 16.6. The smallest absolute Gasteiger partial charge is 0.354 e. The minimum atomic E-state index is -4.16. The monoisotopic (exact) mass is 306 g/mol. The van der Waals surface area contributed by atoms with Crippen molar-refractivity contribution >= 4 is 5.91 Å². The van der Waals surface area contributed by atoms with Crippen LogP contribution in [0.15, 0.2) is 0 Å². The van der Waals surface area contributed by atoms with Crippen LogP contribution in [-0.4, -0.2) is 31.2 Å². The molecular formula is C15H25F3N2O. The van der Waals surface area contributed by atoms with E-state index in [4.69, 9.17) is 0 Å². The Bertz CT molecular complexity index is 343. The lowest BCUT2D eigenvalue weighted by atomic mass is 9.83. The molecular weight excluding hydrogens is 281 g/mol. The highest BCUT2D eigenvalue weighted by Crippen LogP contribution is 2.32. The maximum Gasteiger partial charge on any atom is 0.393 e. The van der Waals surface area contributed by atoms with Gasteiger partial charge in [-0.25, -0.2) is 0 Å². The van der Waals surface area contributed by atoms with Gasteiger partial charge in [0.1, 0.15) is 0 Å². The summed E-state index contributed by atoms with van der Waals surface area (Å²) in [4.78, 5) is 12.0. The van der Waals surface area contributed by atoms with Crippen molar-refractivity contribution < 1.29 is 18.0 Å². The molecule has 1 amide bonds. The average molecular weight is 306 g/mol. The van der Waals surface area contributed by atoms with Crippen molar-refractivity contribution in [3.05, 3.63) is 0 Å². The summed E-state index contributed by atoms with van der Waals surface area (Å²) in [6, 6.07) is -0.467. The molecule has 6 heteroatoms. The maximum absolute atomic E-state index is 12.6. The zero-order chi connectivity index (χ0) is 15.5. The maximum atomic E-state index is 12.6. The van der Waals surface area contributed by atoms with Crippen LogP contribution in [0, 0.1) is 17.8 Å². The number of hydrogen-bond donors (Lipinski definition) is 2. The number of amides is 1. The van der Waals surface area contributed by atoms with E-state index >= 15 is 0 Å². The lowest BCUT2D eigenvalue weighted by molar-refractivity contribution is -0.180. The number of hydrogen-bond acceptors (Lipinski definition) is 2. The standard InChI is InChI=1S/C15H25F3N2O/c1-10-2-4-11(5-3-10)8-20-14(21)13-7-6-12(9-19-13)15(16,17)18/h10-13,19H,2-9H2,1H3,(H,20,21). The normalized spacial score (nSPS) is 34.5. The number of alkyl halides is 3. The average Bonchev–Trinajstić information content (AvgIpc) is 2.45. The Morgan fingerprint density at radius 2 is 1.81 bits per heavy atom. The molecule has 3 nitrogen and oxygen atoms in total. The van der Waals surface area contributed by atoms with Gasteiger partial charge in [-0.1, -0.05) is 19.8 Å². The van der Waals surface area contributed by atoms with Crippen LogP contribution in [0.2, 0.25) is 0 Å². The second-order valence-corrected chi connectivity index (χ2v) is 6.65. The van der Waals surface area contributed by atoms with E-state index < -0.39 is 18.1 Å². The van der Waals surface area contributed by atoms with E-state index in [-0.39, 0.29) is 25.3 Å². The van der Waals surface area contributed by atoms with Crippen LogP contribution in [0.5, 0.6) is 0 Å². The second kappa shape index (κ2) is 6.99. The third-order valence-corrected chi connectivity index (χ3v) is 4.89. The lowest BCUT2D eigenvalue weighted by Crippen LogP contribution is -2.52. The summed E-state index contributed by atoms with van der Waals surface area (Å²) in [5.41, 5.74) is 0. The molecule has 21 heavy (non-hydrogen) atoms. The Morgan fingerprint density at radius 3 is 2.33 bits per heavy atom. The van der Waals surface area contributed by atoms with Gasteiger partial charge in [-0.3, -0.25) is 4.79 Å². The minimum Gasteiger partial charge on any atom is -0.354 e. The summed E-state index contributed by atoms with van der Waals surface area (Å²) in [5, 5.41) is 5.65. The summed E-state index contributed by atoms with van der Waals surface area (Å²) < 4.78 is 37.7. The summed E-state index contributed by atoms with van der Waals surface area (Å²) in [5.74, 6) is -0.163. The Morgan fingerprint density at radius 1 is 1.14 bits per heavy atom. The summed E-state index contributed by atoms with van der Waals surface area (Å²) in [6.07, 6.45) is 0.816. The predicted molar refractivity (Wildman–Crippen MR) is 74.7 cm³/mol. The molecule has 0 aromatic rings. The van der Waals surface area contributed by atoms with E-state index in [1.807, 2.05) is 0 Å². The predicted octanol–water partition coefficient (Wildman–Crippen LogP) is 2.86. The van der Waals surface area contributed by atoms with Crippen molar-refractivity contribution in [1.82, 2.24) is 10.6 Å². The van der Waals surface area contributed by atoms with E-state index in [1.165, 1.54) is 12.8 Å². The second-order valence-electron chi connectivity index (χ2n) is 6.65. The first-order valence-electron chi connectivity index (χ1n) is 7.94. The van der Waals surface area contributed by atoms with Gasteiger partial charge in [0.2, 0.25) is 5.91 Å². The van der Waals surface area contributed by atoms with Crippen molar-refractivity contribution in [3.63, 3.8) is 0 Å². The Hall–Kier alpha value is -0.780. The van der Waals surface area contributed by atoms with Gasteiger partial charge >= 0.3 is 6.18 Å². The molecule has 1 aliphatic heterocycles. The van der Waals surface area contributed by atoms with Crippen LogP contribution < -0.4 is 10.6 Å². The number of carbonyl (C=O) groups excluding carboxylic acids is 1. The molecule has 2 fully saturated rings. The molecule has 0 aromatic carbocycles. The summed E-state index contributed by atoms with van der Waals surface area (Å²) in [7, 11) is 0. The zero-order valence-corrected chi connectivity index (χ0v) is 12.5. The first-order valence-corrected chi connectivity index (χ1v) is 7.94. The molecule has 1 heterocycles. The Balaban J connectivity index is 1.68. The molecule has 2 aliphatic rings. The van der Waals surface area contributed by atoms with Gasteiger partial charge in [0.15, 0.2) is 0 Å². The molecule has 0 aromatic heterocycles. The molecule has 0 radical (unpaired) electrons. The molecule has 1 aliphatic carbocycles. The molecule has 2 atom stereocenters. The fourth-order valence-corrected chi connectivity index (χ4v) is 3.26. The Labute approximate surface area is 124 Å². The van der Waals surface area contributed by atoms with Crippen molar-refractivity contribution in [3.8, 4) is 0 Å². The highest BCUT2D eigenvalue weighted by Gasteiger charge is 2.42. The minimum absolute atomic E-state index is 0.0372. The van der Waals surface area contributed by atoms with Crippen LogP contribution >= 0.6 is 0 Å². The summed E-state index contributed by atoms with van der Waals surface area (Å²) >= 11 is 0. The van der Waals surface area contributed by atoms with E-state index in [0.29, 0.717) is 12.5 Å². The lowest BCUT2D eigenvalue weighted by Gasteiger charge is -2.31. The number of piperidine rings is 1. The largest absolute Gasteiger partial charge is 0.393 e. The van der Waals surface area contributed by atoms with Crippen molar-refractivity contribution in [2.45, 2.75) is 57.7 Å². The van der Waals surface area contributed by atoms with Crippen molar-refractivity contribution in [1.29, 1.82) is 0 Å².